The molecule has 2 N–H and O–H groups in total. The molecule has 2 fully saturated rings. The summed E-state index contributed by atoms with van der Waals surface area (Å²) in [6.45, 7) is 3.19. The zero-order chi connectivity index (χ0) is 9.31. The lowest BCUT2D eigenvalue weighted by atomic mass is 10.0. The van der Waals surface area contributed by atoms with Crippen molar-refractivity contribution in [1.29, 1.82) is 0 Å². The van der Waals surface area contributed by atoms with Gasteiger partial charge >= 0.3 is 0 Å². The standard InChI is InChI=1S/C10H20N2O/c1-13-9-2-6-12(7-3-9)10(8-11)4-5-10/h9H,2-8,11H2,1H3. The molecule has 0 aromatic heterocycles. The first-order chi connectivity index (χ1) is 6.30. The highest BCUT2D eigenvalue weighted by Crippen LogP contribution is 2.42. The first-order valence-corrected chi connectivity index (χ1v) is 5.29. The Morgan fingerprint density at radius 1 is 1.38 bits per heavy atom. The van der Waals surface area contributed by atoms with Gasteiger partial charge < -0.3 is 10.5 Å². The van der Waals surface area contributed by atoms with Gasteiger partial charge in [-0.3, -0.25) is 4.90 Å². The predicted octanol–water partition coefficient (Wildman–Crippen LogP) is 0.588. The van der Waals surface area contributed by atoms with Crippen molar-refractivity contribution in [3.05, 3.63) is 0 Å². The van der Waals surface area contributed by atoms with Crippen molar-refractivity contribution in [3.8, 4) is 0 Å². The van der Waals surface area contributed by atoms with Crippen molar-refractivity contribution in [2.45, 2.75) is 37.3 Å². The third-order valence-corrected chi connectivity index (χ3v) is 3.65. The smallest absolute Gasteiger partial charge is 0.0595 e. The summed E-state index contributed by atoms with van der Waals surface area (Å²) in [7, 11) is 1.82. The second-order valence-electron chi connectivity index (χ2n) is 4.35. The van der Waals surface area contributed by atoms with Crippen LogP contribution in [0.4, 0.5) is 0 Å². The summed E-state index contributed by atoms with van der Waals surface area (Å²) in [5, 5.41) is 0. The quantitative estimate of drug-likeness (QED) is 0.697. The predicted molar refractivity (Wildman–Crippen MR) is 52.6 cm³/mol. The molecule has 0 amide bonds. The number of hydrogen-bond acceptors (Lipinski definition) is 3. The Kier molecular flexibility index (Phi) is 2.58. The molecule has 0 bridgehead atoms. The Hall–Kier alpha value is -0.120. The van der Waals surface area contributed by atoms with Gasteiger partial charge in [-0.05, 0) is 25.7 Å². The lowest BCUT2D eigenvalue weighted by Gasteiger charge is -2.37. The normalized spacial score (nSPS) is 29.1. The third-order valence-electron chi connectivity index (χ3n) is 3.65. The summed E-state index contributed by atoms with van der Waals surface area (Å²) in [4.78, 5) is 2.57. The van der Waals surface area contributed by atoms with Crippen LogP contribution in [0.1, 0.15) is 25.7 Å². The van der Waals surface area contributed by atoms with Crippen LogP contribution in [0, 0.1) is 0 Å². The SMILES string of the molecule is COC1CCN(C2(CN)CC2)CC1. The van der Waals surface area contributed by atoms with Gasteiger partial charge in [0.15, 0.2) is 0 Å². The first kappa shape index (κ1) is 9.44. The van der Waals surface area contributed by atoms with E-state index in [1.807, 2.05) is 7.11 Å². The summed E-state index contributed by atoms with van der Waals surface area (Å²) < 4.78 is 5.35. The fourth-order valence-electron chi connectivity index (χ4n) is 2.36. The van der Waals surface area contributed by atoms with Crippen molar-refractivity contribution >= 4 is 0 Å². The maximum atomic E-state index is 5.79. The zero-order valence-electron chi connectivity index (χ0n) is 8.46. The Morgan fingerprint density at radius 2 is 2.00 bits per heavy atom. The van der Waals surface area contributed by atoms with Crippen LogP contribution in [0.5, 0.6) is 0 Å². The Labute approximate surface area is 80.2 Å². The molecule has 1 heterocycles. The number of hydrogen-bond donors (Lipinski definition) is 1. The summed E-state index contributed by atoms with van der Waals surface area (Å²) in [6.07, 6.45) is 5.46. The number of likely N-dealkylation sites (tertiary alicyclic amines) is 1. The van der Waals surface area contributed by atoms with E-state index in [0.29, 0.717) is 11.6 Å². The van der Waals surface area contributed by atoms with E-state index in [1.165, 1.54) is 38.8 Å². The van der Waals surface area contributed by atoms with Crippen molar-refractivity contribution < 1.29 is 4.74 Å². The van der Waals surface area contributed by atoms with Crippen LogP contribution in [-0.4, -0.2) is 43.3 Å². The molecule has 1 aliphatic heterocycles. The van der Waals surface area contributed by atoms with Crippen molar-refractivity contribution in [2.75, 3.05) is 26.7 Å². The number of piperidine rings is 1. The molecule has 13 heavy (non-hydrogen) atoms. The second kappa shape index (κ2) is 3.56. The Morgan fingerprint density at radius 3 is 2.38 bits per heavy atom. The van der Waals surface area contributed by atoms with Crippen molar-refractivity contribution in [3.63, 3.8) is 0 Å². The second-order valence-corrected chi connectivity index (χ2v) is 4.35. The lowest BCUT2D eigenvalue weighted by molar-refractivity contribution is 0.0236. The summed E-state index contributed by atoms with van der Waals surface area (Å²) in [5.74, 6) is 0. The minimum absolute atomic E-state index is 0.401. The molecule has 2 rings (SSSR count). The number of ether oxygens (including phenoxy) is 1. The molecule has 3 heteroatoms. The molecular formula is C10H20N2O. The monoisotopic (exact) mass is 184 g/mol. The van der Waals surface area contributed by atoms with Crippen molar-refractivity contribution in [1.82, 2.24) is 4.90 Å². The number of methoxy groups -OCH3 is 1. The molecule has 3 nitrogen and oxygen atoms in total. The van der Waals surface area contributed by atoms with Crippen LogP contribution in [0.3, 0.4) is 0 Å². The minimum atomic E-state index is 0.401. The first-order valence-electron chi connectivity index (χ1n) is 5.29. The Bertz CT molecular complexity index is 172. The highest BCUT2D eigenvalue weighted by molar-refractivity contribution is 5.05. The van der Waals surface area contributed by atoms with Crippen LogP contribution >= 0.6 is 0 Å². The van der Waals surface area contributed by atoms with Crippen molar-refractivity contribution in [2.24, 2.45) is 5.73 Å². The molecule has 0 spiro atoms. The number of nitrogens with two attached hydrogens (primary N) is 1. The van der Waals surface area contributed by atoms with E-state index in [0.717, 1.165) is 6.54 Å². The van der Waals surface area contributed by atoms with Gasteiger partial charge in [-0.25, -0.2) is 0 Å². The van der Waals surface area contributed by atoms with Crippen LogP contribution in [0.25, 0.3) is 0 Å². The molecule has 0 aromatic rings. The highest BCUT2D eigenvalue weighted by atomic mass is 16.5. The van der Waals surface area contributed by atoms with E-state index < -0.39 is 0 Å². The summed E-state index contributed by atoms with van der Waals surface area (Å²) in [6, 6.07) is 0. The molecule has 1 saturated heterocycles. The van der Waals surface area contributed by atoms with E-state index >= 15 is 0 Å². The van der Waals surface area contributed by atoms with Gasteiger partial charge in [0.1, 0.15) is 0 Å². The maximum Gasteiger partial charge on any atom is 0.0595 e. The molecule has 0 aromatic carbocycles. The van der Waals surface area contributed by atoms with Gasteiger partial charge in [0.25, 0.3) is 0 Å². The fourth-order valence-corrected chi connectivity index (χ4v) is 2.36. The average Bonchev–Trinajstić information content (AvgIpc) is 2.99. The Balaban J connectivity index is 1.84. The largest absolute Gasteiger partial charge is 0.381 e. The van der Waals surface area contributed by atoms with E-state index in [-0.39, 0.29) is 0 Å². The zero-order valence-corrected chi connectivity index (χ0v) is 8.46. The molecule has 76 valence electrons. The van der Waals surface area contributed by atoms with Gasteiger partial charge in [-0.15, -0.1) is 0 Å². The topological polar surface area (TPSA) is 38.5 Å². The third kappa shape index (κ3) is 1.73. The number of rotatable bonds is 3. The summed E-state index contributed by atoms with van der Waals surface area (Å²) >= 11 is 0. The molecule has 0 unspecified atom stereocenters. The molecular weight excluding hydrogens is 164 g/mol. The van der Waals surface area contributed by atoms with Crippen LogP contribution in [-0.2, 0) is 4.74 Å². The molecule has 1 saturated carbocycles. The molecule has 0 radical (unpaired) electrons. The van der Waals surface area contributed by atoms with Gasteiger partial charge in [-0.1, -0.05) is 0 Å². The van der Waals surface area contributed by atoms with Gasteiger partial charge in [0.2, 0.25) is 0 Å². The van der Waals surface area contributed by atoms with Gasteiger partial charge in [0.05, 0.1) is 6.10 Å². The minimum Gasteiger partial charge on any atom is -0.381 e. The van der Waals surface area contributed by atoms with E-state index in [2.05, 4.69) is 4.90 Å². The van der Waals surface area contributed by atoms with Gasteiger partial charge in [0, 0.05) is 32.3 Å². The highest BCUT2D eigenvalue weighted by Gasteiger charge is 2.47. The molecule has 2 aliphatic rings. The summed E-state index contributed by atoms with van der Waals surface area (Å²) in [5.41, 5.74) is 6.20. The average molecular weight is 184 g/mol. The number of nitrogens with zero attached hydrogens (tertiary/aromatic N) is 1. The van der Waals surface area contributed by atoms with E-state index in [1.54, 1.807) is 0 Å². The van der Waals surface area contributed by atoms with E-state index in [4.69, 9.17) is 10.5 Å². The van der Waals surface area contributed by atoms with Crippen LogP contribution in [0.15, 0.2) is 0 Å². The maximum absolute atomic E-state index is 5.79. The van der Waals surface area contributed by atoms with Crippen LogP contribution < -0.4 is 5.73 Å². The molecule has 0 atom stereocenters. The van der Waals surface area contributed by atoms with E-state index in [9.17, 15) is 0 Å². The van der Waals surface area contributed by atoms with Crippen LogP contribution in [0.2, 0.25) is 0 Å². The lowest BCUT2D eigenvalue weighted by Crippen LogP contribution is -2.48. The fraction of sp³-hybridized carbons (Fsp3) is 1.00. The molecule has 1 aliphatic carbocycles. The van der Waals surface area contributed by atoms with Gasteiger partial charge in [-0.2, -0.15) is 0 Å².